The molecule has 1 heterocycles. The molecule has 0 radical (unpaired) electrons. The van der Waals surface area contributed by atoms with E-state index < -0.39 is 0 Å². The van der Waals surface area contributed by atoms with Crippen LogP contribution < -0.4 is 0 Å². The zero-order chi connectivity index (χ0) is 33.2. The van der Waals surface area contributed by atoms with Gasteiger partial charge in [0.15, 0.2) is 0 Å². The minimum absolute atomic E-state index is 0.911. The van der Waals surface area contributed by atoms with Crippen LogP contribution in [0.25, 0.3) is 120 Å². The van der Waals surface area contributed by atoms with E-state index in [0.29, 0.717) is 0 Å². The van der Waals surface area contributed by atoms with E-state index in [1.807, 2.05) is 0 Å². The van der Waals surface area contributed by atoms with Crippen LogP contribution in [0.3, 0.4) is 0 Å². The zero-order valence-corrected chi connectivity index (χ0v) is 27.6. The molecule has 0 bridgehead atoms. The van der Waals surface area contributed by atoms with Crippen molar-refractivity contribution in [2.24, 2.45) is 0 Å². The predicted molar refractivity (Wildman–Crippen MR) is 218 cm³/mol. The Bertz CT molecular complexity index is 3400. The van der Waals surface area contributed by atoms with Crippen molar-refractivity contribution in [2.45, 2.75) is 0 Å². The Morgan fingerprint density at radius 2 is 0.882 bits per heavy atom. The molecule has 234 valence electrons. The second kappa shape index (κ2) is 9.94. The fourth-order valence-corrected chi connectivity index (χ4v) is 8.99. The van der Waals surface area contributed by atoms with Crippen molar-refractivity contribution in [3.05, 3.63) is 170 Å². The number of hydrogen-bond donors (Lipinski definition) is 0. The number of benzene rings is 11. The van der Waals surface area contributed by atoms with Crippen molar-refractivity contribution in [1.82, 2.24) is 0 Å². The molecule has 0 atom stereocenters. The Hall–Kier alpha value is -6.70. The van der Waals surface area contributed by atoms with E-state index in [1.165, 1.54) is 92.1 Å². The van der Waals surface area contributed by atoms with Gasteiger partial charge in [0.1, 0.15) is 11.2 Å². The smallest absolute Gasteiger partial charge is 0.143 e. The van der Waals surface area contributed by atoms with Crippen LogP contribution in [-0.4, -0.2) is 0 Å². The summed E-state index contributed by atoms with van der Waals surface area (Å²) in [4.78, 5) is 0. The molecule has 0 aliphatic heterocycles. The van der Waals surface area contributed by atoms with Gasteiger partial charge in [0, 0.05) is 16.3 Å². The van der Waals surface area contributed by atoms with E-state index in [4.69, 9.17) is 4.42 Å². The van der Waals surface area contributed by atoms with Crippen molar-refractivity contribution < 1.29 is 4.42 Å². The van der Waals surface area contributed by atoms with Gasteiger partial charge in [-0.25, -0.2) is 0 Å². The first kappa shape index (κ1) is 27.2. The number of fused-ring (bicyclic) bond motifs is 9. The molecule has 12 rings (SSSR count). The summed E-state index contributed by atoms with van der Waals surface area (Å²) in [5.74, 6) is 0. The van der Waals surface area contributed by atoms with Crippen LogP contribution in [0.1, 0.15) is 0 Å². The summed E-state index contributed by atoms with van der Waals surface area (Å²) in [5, 5.41) is 19.9. The van der Waals surface area contributed by atoms with Gasteiger partial charge in [-0.1, -0.05) is 140 Å². The Balaban J connectivity index is 1.25. The average Bonchev–Trinajstić information content (AvgIpc) is 3.55. The summed E-state index contributed by atoms with van der Waals surface area (Å²) in [6.45, 7) is 0. The van der Waals surface area contributed by atoms with E-state index in [1.54, 1.807) is 0 Å². The lowest BCUT2D eigenvalue weighted by atomic mass is 9.87. The molecule has 0 fully saturated rings. The summed E-state index contributed by atoms with van der Waals surface area (Å²) < 4.78 is 6.94. The van der Waals surface area contributed by atoms with Crippen molar-refractivity contribution in [3.8, 4) is 22.3 Å². The van der Waals surface area contributed by atoms with Crippen LogP contribution in [0.2, 0.25) is 0 Å². The molecular formula is C50H28O. The molecule has 12 aromatic rings. The van der Waals surface area contributed by atoms with Gasteiger partial charge in [-0.2, -0.15) is 0 Å². The number of rotatable bonds is 2. The summed E-state index contributed by atoms with van der Waals surface area (Å²) in [6, 6.07) is 62.7. The minimum atomic E-state index is 0.911. The third-order valence-corrected chi connectivity index (χ3v) is 11.3. The summed E-state index contributed by atoms with van der Waals surface area (Å²) in [5.41, 5.74) is 6.55. The van der Waals surface area contributed by atoms with Crippen LogP contribution >= 0.6 is 0 Å². The highest BCUT2D eigenvalue weighted by Gasteiger charge is 2.20. The highest BCUT2D eigenvalue weighted by Crippen LogP contribution is 2.47. The van der Waals surface area contributed by atoms with Gasteiger partial charge in [0.25, 0.3) is 0 Å². The van der Waals surface area contributed by atoms with Gasteiger partial charge >= 0.3 is 0 Å². The highest BCUT2D eigenvalue weighted by molar-refractivity contribution is 6.27. The molecule has 0 saturated carbocycles. The minimum Gasteiger partial charge on any atom is -0.455 e. The molecule has 0 N–H and O–H groups in total. The summed E-state index contributed by atoms with van der Waals surface area (Å²) in [7, 11) is 0. The summed E-state index contributed by atoms with van der Waals surface area (Å²) >= 11 is 0. The largest absolute Gasteiger partial charge is 0.455 e. The topological polar surface area (TPSA) is 13.1 Å². The lowest BCUT2D eigenvalue weighted by Crippen LogP contribution is -1.90. The van der Waals surface area contributed by atoms with Crippen molar-refractivity contribution in [1.29, 1.82) is 0 Å². The van der Waals surface area contributed by atoms with Crippen molar-refractivity contribution in [2.75, 3.05) is 0 Å². The Morgan fingerprint density at radius 3 is 1.73 bits per heavy atom. The van der Waals surface area contributed by atoms with Crippen LogP contribution in [-0.2, 0) is 0 Å². The zero-order valence-electron chi connectivity index (χ0n) is 27.6. The Morgan fingerprint density at radius 1 is 0.275 bits per heavy atom. The van der Waals surface area contributed by atoms with Crippen LogP contribution in [0.5, 0.6) is 0 Å². The van der Waals surface area contributed by atoms with Gasteiger partial charge in [0.05, 0.1) is 0 Å². The monoisotopic (exact) mass is 644 g/mol. The second-order valence-corrected chi connectivity index (χ2v) is 14.0. The lowest BCUT2D eigenvalue weighted by Gasteiger charge is -2.16. The second-order valence-electron chi connectivity index (χ2n) is 14.0. The number of hydrogen-bond acceptors (Lipinski definition) is 1. The quantitative estimate of drug-likeness (QED) is 0.171. The molecule has 0 unspecified atom stereocenters. The molecule has 1 heteroatoms. The predicted octanol–water partition coefficient (Wildman–Crippen LogP) is 14.4. The first-order chi connectivity index (χ1) is 25.3. The molecular weight excluding hydrogens is 617 g/mol. The summed E-state index contributed by atoms with van der Waals surface area (Å²) in [6.07, 6.45) is 0. The molecule has 1 nitrogen and oxygen atoms in total. The third kappa shape index (κ3) is 3.75. The maximum Gasteiger partial charge on any atom is 0.143 e. The fraction of sp³-hybridized carbons (Fsp3) is 0. The molecule has 0 amide bonds. The molecule has 0 aliphatic carbocycles. The van der Waals surface area contributed by atoms with Crippen molar-refractivity contribution >= 4 is 97.3 Å². The van der Waals surface area contributed by atoms with E-state index in [-0.39, 0.29) is 0 Å². The molecule has 1 aromatic heterocycles. The standard InChI is InChI=1S/C50H28O/c1-2-10-34-27-47-44(24-33(34)9-1)46-26-35(42-28-43-36-13-4-3-8-29(36)18-21-39(43)37-14-5-6-15-38(37)42)25-45(50(46)51-47)40-22-19-32-17-16-30-11-7-12-31-20-23-41(40)49(32)48(30)31/h1-28H. The van der Waals surface area contributed by atoms with Gasteiger partial charge in [0.2, 0.25) is 0 Å². The van der Waals surface area contributed by atoms with Crippen LogP contribution in [0, 0.1) is 0 Å². The maximum absolute atomic E-state index is 6.94. The molecule has 0 aliphatic rings. The Kier molecular flexibility index (Phi) is 5.29. The van der Waals surface area contributed by atoms with Gasteiger partial charge in [-0.05, 0) is 122 Å². The van der Waals surface area contributed by atoms with Crippen molar-refractivity contribution in [3.63, 3.8) is 0 Å². The van der Waals surface area contributed by atoms with E-state index >= 15 is 0 Å². The van der Waals surface area contributed by atoms with Crippen LogP contribution in [0.4, 0.5) is 0 Å². The first-order valence-corrected chi connectivity index (χ1v) is 17.7. The average molecular weight is 645 g/mol. The van der Waals surface area contributed by atoms with Crippen LogP contribution in [0.15, 0.2) is 174 Å². The molecule has 0 spiro atoms. The molecule has 51 heavy (non-hydrogen) atoms. The van der Waals surface area contributed by atoms with Gasteiger partial charge < -0.3 is 4.42 Å². The fourth-order valence-electron chi connectivity index (χ4n) is 8.99. The van der Waals surface area contributed by atoms with E-state index in [9.17, 15) is 0 Å². The third-order valence-electron chi connectivity index (χ3n) is 11.3. The Labute approximate surface area is 292 Å². The highest BCUT2D eigenvalue weighted by atomic mass is 16.3. The lowest BCUT2D eigenvalue weighted by molar-refractivity contribution is 0.670. The van der Waals surface area contributed by atoms with E-state index in [0.717, 1.165) is 27.5 Å². The van der Waals surface area contributed by atoms with E-state index in [2.05, 4.69) is 170 Å². The molecule has 0 saturated heterocycles. The SMILES string of the molecule is c1ccc2cc3c(cc2c1)oc1c(-c2ccc4ccc5cccc6ccc2c4c56)cc(-c2cc4c5ccccc5ccc4c4ccccc24)cc13. The number of furan rings is 1. The molecule has 11 aromatic carbocycles. The normalized spacial score (nSPS) is 12.3. The van der Waals surface area contributed by atoms with Gasteiger partial charge in [-0.15, -0.1) is 0 Å². The van der Waals surface area contributed by atoms with Gasteiger partial charge in [-0.3, -0.25) is 0 Å². The maximum atomic E-state index is 6.94. The first-order valence-electron chi connectivity index (χ1n) is 17.7.